The first-order chi connectivity index (χ1) is 6.16. The quantitative estimate of drug-likeness (QED) is 0.806. The van der Waals surface area contributed by atoms with Crippen LogP contribution in [0.15, 0.2) is 21.2 Å². The van der Waals surface area contributed by atoms with E-state index in [9.17, 15) is 0 Å². The van der Waals surface area contributed by atoms with Crippen molar-refractivity contribution in [2.24, 2.45) is 0 Å². The number of furan rings is 1. The number of aromatic nitrogens is 2. The number of halogens is 1. The van der Waals surface area contributed by atoms with Gasteiger partial charge in [0.25, 0.3) is 0 Å². The second-order valence-electron chi connectivity index (χ2n) is 2.77. The maximum atomic E-state index is 5.48. The summed E-state index contributed by atoms with van der Waals surface area (Å²) in [6.45, 7) is 1.96. The van der Waals surface area contributed by atoms with Crippen LogP contribution in [0.5, 0.6) is 0 Å². The molecule has 0 radical (unpaired) electrons. The van der Waals surface area contributed by atoms with Crippen molar-refractivity contribution in [3.05, 3.63) is 22.4 Å². The van der Waals surface area contributed by atoms with Crippen LogP contribution in [0.2, 0.25) is 0 Å². The zero-order chi connectivity index (χ0) is 9.42. The van der Waals surface area contributed by atoms with E-state index in [2.05, 4.69) is 26.1 Å². The van der Waals surface area contributed by atoms with Gasteiger partial charge < -0.3 is 10.2 Å². The molecule has 0 bridgehead atoms. The van der Waals surface area contributed by atoms with Gasteiger partial charge in [-0.15, -0.1) is 0 Å². The number of aromatic amines is 1. The molecule has 4 nitrogen and oxygen atoms in total. The summed E-state index contributed by atoms with van der Waals surface area (Å²) < 4.78 is 6.11. The van der Waals surface area contributed by atoms with E-state index in [1.165, 1.54) is 0 Å². The Hall–Kier alpha value is -1.23. The molecule has 13 heavy (non-hydrogen) atoms. The van der Waals surface area contributed by atoms with Crippen LogP contribution in [0, 0.1) is 6.92 Å². The molecular formula is C8H8BrN3O. The summed E-state index contributed by atoms with van der Waals surface area (Å²) in [5.41, 5.74) is 7.31. The SMILES string of the molecule is Cc1cc(Br)oc1-c1cc(N)n[nH]1. The van der Waals surface area contributed by atoms with Crippen molar-refractivity contribution in [3.63, 3.8) is 0 Å². The second kappa shape index (κ2) is 2.92. The number of nitrogens with zero attached hydrogens (tertiary/aromatic N) is 1. The number of hydrogen-bond donors (Lipinski definition) is 2. The first-order valence-electron chi connectivity index (χ1n) is 3.74. The summed E-state index contributed by atoms with van der Waals surface area (Å²) in [7, 11) is 0. The van der Waals surface area contributed by atoms with Crippen LogP contribution < -0.4 is 5.73 Å². The number of rotatable bonds is 1. The minimum Gasteiger partial charge on any atom is -0.447 e. The average Bonchev–Trinajstić information content (AvgIpc) is 2.58. The van der Waals surface area contributed by atoms with E-state index in [0.29, 0.717) is 10.5 Å². The van der Waals surface area contributed by atoms with E-state index < -0.39 is 0 Å². The van der Waals surface area contributed by atoms with Gasteiger partial charge in [-0.2, -0.15) is 5.10 Å². The Kier molecular flexibility index (Phi) is 1.88. The van der Waals surface area contributed by atoms with Gasteiger partial charge >= 0.3 is 0 Å². The lowest BCUT2D eigenvalue weighted by atomic mass is 10.2. The highest BCUT2D eigenvalue weighted by molar-refractivity contribution is 9.10. The zero-order valence-electron chi connectivity index (χ0n) is 6.97. The Labute approximate surface area is 83.3 Å². The fourth-order valence-corrected chi connectivity index (χ4v) is 1.67. The molecule has 5 heteroatoms. The number of nitrogens with one attached hydrogen (secondary N) is 1. The van der Waals surface area contributed by atoms with Crippen LogP contribution in [-0.2, 0) is 0 Å². The smallest absolute Gasteiger partial charge is 0.170 e. The van der Waals surface area contributed by atoms with Gasteiger partial charge in [-0.05, 0) is 34.5 Å². The van der Waals surface area contributed by atoms with E-state index in [1.54, 1.807) is 6.07 Å². The summed E-state index contributed by atoms with van der Waals surface area (Å²) in [6, 6.07) is 3.63. The maximum Gasteiger partial charge on any atom is 0.170 e. The summed E-state index contributed by atoms with van der Waals surface area (Å²) in [5, 5.41) is 6.61. The molecule has 0 saturated heterocycles. The molecule has 3 N–H and O–H groups in total. The lowest BCUT2D eigenvalue weighted by Crippen LogP contribution is -1.81. The molecule has 0 aromatic carbocycles. The molecule has 0 aliphatic heterocycles. The molecule has 2 rings (SSSR count). The van der Waals surface area contributed by atoms with Crippen LogP contribution in [0.4, 0.5) is 5.82 Å². The van der Waals surface area contributed by atoms with E-state index in [-0.39, 0.29) is 0 Å². The first kappa shape index (κ1) is 8.37. The van der Waals surface area contributed by atoms with Gasteiger partial charge in [-0.1, -0.05) is 0 Å². The molecule has 0 aliphatic rings. The minimum absolute atomic E-state index is 0.460. The molecular weight excluding hydrogens is 234 g/mol. The third-order valence-corrected chi connectivity index (χ3v) is 2.12. The highest BCUT2D eigenvalue weighted by atomic mass is 79.9. The van der Waals surface area contributed by atoms with Gasteiger partial charge in [0.1, 0.15) is 11.5 Å². The number of anilines is 1. The molecule has 0 unspecified atom stereocenters. The molecule has 0 spiro atoms. The Morgan fingerprint density at radius 1 is 1.54 bits per heavy atom. The number of aryl methyl sites for hydroxylation is 1. The molecule has 2 aromatic heterocycles. The lowest BCUT2D eigenvalue weighted by Gasteiger charge is -1.90. The fraction of sp³-hybridized carbons (Fsp3) is 0.125. The van der Waals surface area contributed by atoms with Gasteiger partial charge in [-0.25, -0.2) is 0 Å². The molecule has 68 valence electrons. The first-order valence-corrected chi connectivity index (χ1v) is 4.53. The highest BCUT2D eigenvalue weighted by Gasteiger charge is 2.10. The van der Waals surface area contributed by atoms with Gasteiger partial charge in [0.2, 0.25) is 0 Å². The monoisotopic (exact) mass is 241 g/mol. The Bertz CT molecular complexity index is 432. The van der Waals surface area contributed by atoms with Crippen molar-refractivity contribution in [1.29, 1.82) is 0 Å². The summed E-state index contributed by atoms with van der Waals surface area (Å²) >= 11 is 3.25. The number of nitrogen functional groups attached to an aromatic ring is 1. The topological polar surface area (TPSA) is 67.8 Å². The third kappa shape index (κ3) is 1.47. The van der Waals surface area contributed by atoms with Crippen LogP contribution in [0.3, 0.4) is 0 Å². The molecule has 0 fully saturated rings. The van der Waals surface area contributed by atoms with Crippen molar-refractivity contribution >= 4 is 21.7 Å². The number of nitrogens with two attached hydrogens (primary N) is 1. The van der Waals surface area contributed by atoms with Crippen molar-refractivity contribution in [1.82, 2.24) is 10.2 Å². The summed E-state index contributed by atoms with van der Waals surface area (Å²) in [4.78, 5) is 0. The summed E-state index contributed by atoms with van der Waals surface area (Å²) in [5.74, 6) is 1.22. The fourth-order valence-electron chi connectivity index (χ4n) is 1.16. The average molecular weight is 242 g/mol. The van der Waals surface area contributed by atoms with E-state index >= 15 is 0 Å². The predicted molar refractivity (Wildman–Crippen MR) is 53.1 cm³/mol. The summed E-state index contributed by atoms with van der Waals surface area (Å²) in [6.07, 6.45) is 0. The van der Waals surface area contributed by atoms with Crippen LogP contribution in [-0.4, -0.2) is 10.2 Å². The standard InChI is InChI=1S/C8H8BrN3O/c1-4-2-6(9)13-8(4)5-3-7(10)12-11-5/h2-3H,1H3,(H3,10,11,12). The van der Waals surface area contributed by atoms with Crippen LogP contribution >= 0.6 is 15.9 Å². The molecule has 0 saturated carbocycles. The molecule has 0 atom stereocenters. The van der Waals surface area contributed by atoms with E-state index in [0.717, 1.165) is 17.0 Å². The Balaban J connectivity index is 2.51. The lowest BCUT2D eigenvalue weighted by molar-refractivity contribution is 0.552. The van der Waals surface area contributed by atoms with Crippen LogP contribution in [0.25, 0.3) is 11.5 Å². The maximum absolute atomic E-state index is 5.48. The third-order valence-electron chi connectivity index (χ3n) is 1.73. The predicted octanol–water partition coefficient (Wildman–Crippen LogP) is 2.32. The van der Waals surface area contributed by atoms with Crippen molar-refractivity contribution in [3.8, 4) is 11.5 Å². The number of hydrogen-bond acceptors (Lipinski definition) is 3. The minimum atomic E-state index is 0.460. The van der Waals surface area contributed by atoms with Crippen molar-refractivity contribution in [2.45, 2.75) is 6.92 Å². The van der Waals surface area contributed by atoms with Crippen molar-refractivity contribution in [2.75, 3.05) is 5.73 Å². The Morgan fingerprint density at radius 3 is 2.77 bits per heavy atom. The molecule has 2 heterocycles. The Morgan fingerprint density at radius 2 is 2.31 bits per heavy atom. The van der Waals surface area contributed by atoms with Crippen LogP contribution in [0.1, 0.15) is 5.56 Å². The van der Waals surface area contributed by atoms with E-state index in [1.807, 2.05) is 13.0 Å². The van der Waals surface area contributed by atoms with Gasteiger partial charge in [0.05, 0.1) is 0 Å². The zero-order valence-corrected chi connectivity index (χ0v) is 8.55. The highest BCUT2D eigenvalue weighted by Crippen LogP contribution is 2.28. The van der Waals surface area contributed by atoms with Gasteiger partial charge in [-0.3, -0.25) is 5.10 Å². The van der Waals surface area contributed by atoms with Gasteiger partial charge in [0, 0.05) is 6.07 Å². The van der Waals surface area contributed by atoms with Gasteiger partial charge in [0.15, 0.2) is 10.4 Å². The largest absolute Gasteiger partial charge is 0.447 e. The number of H-pyrrole nitrogens is 1. The molecule has 2 aromatic rings. The normalized spacial score (nSPS) is 10.6. The molecule has 0 aliphatic carbocycles. The van der Waals surface area contributed by atoms with Crippen molar-refractivity contribution < 1.29 is 4.42 Å². The van der Waals surface area contributed by atoms with E-state index in [4.69, 9.17) is 10.2 Å². The molecule has 0 amide bonds. The second-order valence-corrected chi connectivity index (χ2v) is 3.55.